The molecule has 3 rings (SSSR count). The maximum Gasteiger partial charge on any atom is 0.266 e. The first-order chi connectivity index (χ1) is 13.0. The number of hydrogen-bond donors (Lipinski definition) is 1. The van der Waals surface area contributed by atoms with Crippen LogP contribution in [0.3, 0.4) is 0 Å². The van der Waals surface area contributed by atoms with Crippen LogP contribution in [0.1, 0.15) is 24.0 Å². The monoisotopic (exact) mass is 362 g/mol. The third kappa shape index (κ3) is 5.10. The summed E-state index contributed by atoms with van der Waals surface area (Å²) in [5.74, 6) is -0.0710. The van der Waals surface area contributed by atoms with Gasteiger partial charge in [-0.25, -0.2) is 4.68 Å². The van der Waals surface area contributed by atoms with E-state index in [0.29, 0.717) is 25.1 Å². The molecule has 0 aliphatic rings. The van der Waals surface area contributed by atoms with Gasteiger partial charge >= 0.3 is 0 Å². The molecule has 0 radical (unpaired) electrons. The molecule has 0 aliphatic carbocycles. The molecule has 1 amide bonds. The molecule has 0 unspecified atom stereocenters. The number of aryl methyl sites for hydroxylation is 3. The molecule has 27 heavy (non-hydrogen) atoms. The van der Waals surface area contributed by atoms with E-state index < -0.39 is 0 Å². The molecule has 2 aromatic heterocycles. The average molecular weight is 362 g/mol. The van der Waals surface area contributed by atoms with Gasteiger partial charge in [-0.2, -0.15) is 5.10 Å². The second-order valence-corrected chi connectivity index (χ2v) is 6.54. The van der Waals surface area contributed by atoms with Gasteiger partial charge in [-0.15, -0.1) is 0 Å². The zero-order valence-corrected chi connectivity index (χ0v) is 15.5. The first kappa shape index (κ1) is 18.5. The summed E-state index contributed by atoms with van der Waals surface area (Å²) in [4.78, 5) is 28.2. The van der Waals surface area contributed by atoms with Crippen molar-refractivity contribution in [3.63, 3.8) is 0 Å². The normalized spacial score (nSPS) is 10.6. The fourth-order valence-electron chi connectivity index (χ4n) is 2.95. The quantitative estimate of drug-likeness (QED) is 0.730. The number of pyridine rings is 1. The maximum atomic E-state index is 12.2. The zero-order valence-electron chi connectivity index (χ0n) is 15.5. The molecule has 0 fully saturated rings. The van der Waals surface area contributed by atoms with Crippen LogP contribution in [-0.2, 0) is 11.3 Å². The number of nitrogens with one attached hydrogen (secondary N) is 1. The highest BCUT2D eigenvalue weighted by Crippen LogP contribution is 2.15. The van der Waals surface area contributed by atoms with Crippen LogP contribution in [-0.4, -0.2) is 20.7 Å². The van der Waals surface area contributed by atoms with Crippen molar-refractivity contribution in [2.45, 2.75) is 33.2 Å². The zero-order chi connectivity index (χ0) is 19.2. The average Bonchev–Trinajstić information content (AvgIpc) is 2.63. The van der Waals surface area contributed by atoms with Crippen LogP contribution >= 0.6 is 0 Å². The van der Waals surface area contributed by atoms with Crippen molar-refractivity contribution < 1.29 is 4.79 Å². The van der Waals surface area contributed by atoms with E-state index in [-0.39, 0.29) is 11.5 Å². The number of rotatable bonds is 6. The lowest BCUT2D eigenvalue weighted by atomic mass is 10.1. The second-order valence-electron chi connectivity index (χ2n) is 6.54. The number of nitrogens with zero attached hydrogens (tertiary/aromatic N) is 3. The molecular weight excluding hydrogens is 340 g/mol. The van der Waals surface area contributed by atoms with Gasteiger partial charge in [-0.1, -0.05) is 6.07 Å². The largest absolute Gasteiger partial charge is 0.326 e. The standard InChI is InChI=1S/C21H22N4O2/c1-15-12-16(2)14-18(13-15)23-20(26)4-3-11-25-21(27)6-5-19(24-25)17-7-9-22-10-8-17/h5-10,12-14H,3-4,11H2,1-2H3,(H,23,26). The number of amides is 1. The number of benzene rings is 1. The van der Waals surface area contributed by atoms with Gasteiger partial charge in [0.2, 0.25) is 5.91 Å². The Morgan fingerprint density at radius 1 is 1.04 bits per heavy atom. The summed E-state index contributed by atoms with van der Waals surface area (Å²) in [7, 11) is 0. The third-order valence-corrected chi connectivity index (χ3v) is 4.12. The van der Waals surface area contributed by atoms with E-state index in [1.165, 1.54) is 10.7 Å². The molecule has 138 valence electrons. The van der Waals surface area contributed by atoms with E-state index in [2.05, 4.69) is 21.5 Å². The molecule has 0 atom stereocenters. The maximum absolute atomic E-state index is 12.2. The molecule has 3 aromatic rings. The fraction of sp³-hybridized carbons (Fsp3) is 0.238. The number of carbonyl (C=O) groups excluding carboxylic acids is 1. The Bertz CT molecular complexity index is 976. The van der Waals surface area contributed by atoms with E-state index in [4.69, 9.17) is 0 Å². The minimum absolute atomic E-state index is 0.0710. The van der Waals surface area contributed by atoms with E-state index in [1.54, 1.807) is 18.5 Å². The van der Waals surface area contributed by atoms with Crippen LogP contribution in [0, 0.1) is 13.8 Å². The van der Waals surface area contributed by atoms with Gasteiger partial charge in [0.15, 0.2) is 0 Å². The molecule has 0 saturated carbocycles. The Morgan fingerprint density at radius 2 is 1.74 bits per heavy atom. The summed E-state index contributed by atoms with van der Waals surface area (Å²) < 4.78 is 1.40. The van der Waals surface area contributed by atoms with Crippen molar-refractivity contribution in [1.82, 2.24) is 14.8 Å². The van der Waals surface area contributed by atoms with Crippen molar-refractivity contribution >= 4 is 11.6 Å². The number of aromatic nitrogens is 3. The van der Waals surface area contributed by atoms with Gasteiger partial charge < -0.3 is 5.32 Å². The van der Waals surface area contributed by atoms with Crippen LogP contribution in [0.15, 0.2) is 59.7 Å². The smallest absolute Gasteiger partial charge is 0.266 e. The molecule has 1 N–H and O–H groups in total. The highest BCUT2D eigenvalue weighted by Gasteiger charge is 2.06. The van der Waals surface area contributed by atoms with Gasteiger partial charge in [0.05, 0.1) is 5.69 Å². The predicted molar refractivity (Wildman–Crippen MR) is 106 cm³/mol. The van der Waals surface area contributed by atoms with Gasteiger partial charge in [0.1, 0.15) is 0 Å². The fourth-order valence-corrected chi connectivity index (χ4v) is 2.95. The molecular formula is C21H22N4O2. The Morgan fingerprint density at radius 3 is 2.44 bits per heavy atom. The predicted octanol–water partition coefficient (Wildman–Crippen LogP) is 3.34. The SMILES string of the molecule is Cc1cc(C)cc(NC(=O)CCCn2nc(-c3ccncc3)ccc2=O)c1. The Kier molecular flexibility index (Phi) is 5.76. The van der Waals surface area contributed by atoms with Crippen LogP contribution < -0.4 is 10.9 Å². The van der Waals surface area contributed by atoms with Crippen LogP contribution in [0.25, 0.3) is 11.3 Å². The number of hydrogen-bond acceptors (Lipinski definition) is 4. The highest BCUT2D eigenvalue weighted by molar-refractivity contribution is 5.90. The molecule has 0 bridgehead atoms. The Hall–Kier alpha value is -3.28. The Balaban J connectivity index is 1.60. The first-order valence-corrected chi connectivity index (χ1v) is 8.88. The lowest BCUT2D eigenvalue weighted by molar-refractivity contribution is -0.116. The molecule has 2 heterocycles. The van der Waals surface area contributed by atoms with Gasteiger partial charge in [0, 0.05) is 42.7 Å². The Labute approximate surface area is 157 Å². The van der Waals surface area contributed by atoms with E-state index in [0.717, 1.165) is 22.4 Å². The second kappa shape index (κ2) is 8.40. The number of carbonyl (C=O) groups is 1. The minimum Gasteiger partial charge on any atom is -0.326 e. The highest BCUT2D eigenvalue weighted by atomic mass is 16.1. The van der Waals surface area contributed by atoms with Crippen LogP contribution in [0.2, 0.25) is 0 Å². The molecule has 0 spiro atoms. The van der Waals surface area contributed by atoms with Crippen molar-refractivity contribution in [1.29, 1.82) is 0 Å². The topological polar surface area (TPSA) is 76.9 Å². The minimum atomic E-state index is -0.178. The van der Waals surface area contributed by atoms with Crippen molar-refractivity contribution in [3.05, 3.63) is 76.3 Å². The van der Waals surface area contributed by atoms with Crippen molar-refractivity contribution in [2.24, 2.45) is 0 Å². The summed E-state index contributed by atoms with van der Waals surface area (Å²) >= 11 is 0. The van der Waals surface area contributed by atoms with E-state index >= 15 is 0 Å². The summed E-state index contributed by atoms with van der Waals surface area (Å²) in [6.07, 6.45) is 4.22. The van der Waals surface area contributed by atoms with Gasteiger partial charge in [-0.3, -0.25) is 14.6 Å². The third-order valence-electron chi connectivity index (χ3n) is 4.12. The van der Waals surface area contributed by atoms with Crippen molar-refractivity contribution in [2.75, 3.05) is 5.32 Å². The van der Waals surface area contributed by atoms with E-state index in [9.17, 15) is 9.59 Å². The molecule has 1 aromatic carbocycles. The molecule has 0 saturated heterocycles. The van der Waals surface area contributed by atoms with Crippen LogP contribution in [0.5, 0.6) is 0 Å². The molecule has 6 nitrogen and oxygen atoms in total. The number of anilines is 1. The lowest BCUT2D eigenvalue weighted by Gasteiger charge is -2.09. The summed E-state index contributed by atoms with van der Waals surface area (Å²) in [6, 6.07) is 12.8. The van der Waals surface area contributed by atoms with E-state index in [1.807, 2.05) is 38.1 Å². The summed E-state index contributed by atoms with van der Waals surface area (Å²) in [6.45, 7) is 4.38. The van der Waals surface area contributed by atoms with Crippen molar-refractivity contribution in [3.8, 4) is 11.3 Å². The molecule has 6 heteroatoms. The van der Waals surface area contributed by atoms with Gasteiger partial charge in [0.25, 0.3) is 5.56 Å². The molecule has 0 aliphatic heterocycles. The summed E-state index contributed by atoms with van der Waals surface area (Å²) in [5, 5.41) is 7.30. The first-order valence-electron chi connectivity index (χ1n) is 8.88. The van der Waals surface area contributed by atoms with Gasteiger partial charge in [-0.05, 0) is 61.7 Å². The van der Waals surface area contributed by atoms with Crippen LogP contribution in [0.4, 0.5) is 5.69 Å². The summed E-state index contributed by atoms with van der Waals surface area (Å²) in [5.41, 5.74) is 4.43. The lowest BCUT2D eigenvalue weighted by Crippen LogP contribution is -2.23.